The molecular weight excluding hydrogens is 376 g/mol. The molecule has 0 aromatic heterocycles. The summed E-state index contributed by atoms with van der Waals surface area (Å²) in [5.41, 5.74) is 2.39. The van der Waals surface area contributed by atoms with Crippen molar-refractivity contribution in [3.8, 4) is 6.07 Å². The highest BCUT2D eigenvalue weighted by Crippen LogP contribution is 2.21. The third-order valence-corrected chi connectivity index (χ3v) is 6.26. The number of aryl methyl sites for hydroxylation is 1. The molecule has 28 heavy (non-hydrogen) atoms. The van der Waals surface area contributed by atoms with Crippen LogP contribution in [0.4, 0.5) is 5.69 Å². The van der Waals surface area contributed by atoms with Crippen LogP contribution in [0.15, 0.2) is 53.4 Å². The fourth-order valence-corrected chi connectivity index (χ4v) is 4.38. The first-order valence-electron chi connectivity index (χ1n) is 8.99. The van der Waals surface area contributed by atoms with E-state index in [-0.39, 0.29) is 22.9 Å². The number of hydrogen-bond donors (Lipinski definition) is 1. The second kappa shape index (κ2) is 8.42. The van der Waals surface area contributed by atoms with Crippen LogP contribution in [0.5, 0.6) is 0 Å². The molecule has 0 radical (unpaired) electrons. The monoisotopic (exact) mass is 398 g/mol. The summed E-state index contributed by atoms with van der Waals surface area (Å²) in [5, 5.41) is 9.08. The first-order chi connectivity index (χ1) is 13.4. The van der Waals surface area contributed by atoms with E-state index in [4.69, 9.17) is 5.26 Å². The topological polar surface area (TPSA) is 93.5 Å². The zero-order valence-electron chi connectivity index (χ0n) is 15.6. The first-order valence-corrected chi connectivity index (χ1v) is 10.5. The Morgan fingerprint density at radius 2 is 1.71 bits per heavy atom. The highest BCUT2D eigenvalue weighted by Gasteiger charge is 2.24. The largest absolute Gasteiger partial charge is 0.368 e. The number of carbonyl (C=O) groups excluding carboxylic acids is 1. The van der Waals surface area contributed by atoms with Gasteiger partial charge in [0.15, 0.2) is 0 Å². The predicted octanol–water partition coefficient (Wildman–Crippen LogP) is 1.49. The number of sulfonamides is 1. The molecule has 1 fully saturated rings. The highest BCUT2D eigenvalue weighted by atomic mass is 32.2. The molecule has 0 unspecified atom stereocenters. The minimum Gasteiger partial charge on any atom is -0.368 e. The lowest BCUT2D eigenvalue weighted by atomic mass is 10.1. The summed E-state index contributed by atoms with van der Waals surface area (Å²) in [5.74, 6) is -0.276. The Morgan fingerprint density at radius 3 is 2.39 bits per heavy atom. The van der Waals surface area contributed by atoms with E-state index in [1.54, 1.807) is 17.0 Å². The average molecular weight is 398 g/mol. The average Bonchev–Trinajstić information content (AvgIpc) is 2.72. The van der Waals surface area contributed by atoms with Gasteiger partial charge >= 0.3 is 0 Å². The van der Waals surface area contributed by atoms with Crippen molar-refractivity contribution in [3.05, 3.63) is 59.7 Å². The Balaban J connectivity index is 1.58. The van der Waals surface area contributed by atoms with Gasteiger partial charge in [0.2, 0.25) is 15.9 Å². The smallest absolute Gasteiger partial charge is 0.242 e. The van der Waals surface area contributed by atoms with Gasteiger partial charge in [-0.3, -0.25) is 4.79 Å². The summed E-state index contributed by atoms with van der Waals surface area (Å²) in [6, 6.07) is 15.9. The molecule has 1 saturated heterocycles. The molecular formula is C20H22N4O3S. The van der Waals surface area contributed by atoms with Crippen molar-refractivity contribution < 1.29 is 13.2 Å². The van der Waals surface area contributed by atoms with Gasteiger partial charge in [-0.25, -0.2) is 13.1 Å². The van der Waals surface area contributed by atoms with Crippen LogP contribution >= 0.6 is 0 Å². The van der Waals surface area contributed by atoms with E-state index in [0.29, 0.717) is 26.2 Å². The normalized spacial score (nSPS) is 14.6. The summed E-state index contributed by atoms with van der Waals surface area (Å²) in [7, 11) is -3.93. The number of nitrogens with one attached hydrogen (secondary N) is 1. The molecule has 1 heterocycles. The van der Waals surface area contributed by atoms with Crippen molar-refractivity contribution >= 4 is 21.6 Å². The standard InChI is InChI=1S/C20H22N4O3S/c1-16-6-2-4-8-18(16)23-10-12-24(13-11-23)20(25)15-22-28(26,27)19-9-5-3-7-17(19)14-21/h2-9,22H,10-13,15H2,1H3. The van der Waals surface area contributed by atoms with Crippen LogP contribution in [0.1, 0.15) is 11.1 Å². The molecule has 0 spiro atoms. The SMILES string of the molecule is Cc1ccccc1N1CCN(C(=O)CNS(=O)(=O)c2ccccc2C#N)CC1. The number of nitriles is 1. The number of rotatable bonds is 5. The summed E-state index contributed by atoms with van der Waals surface area (Å²) in [6.45, 7) is 4.18. The highest BCUT2D eigenvalue weighted by molar-refractivity contribution is 7.89. The van der Waals surface area contributed by atoms with E-state index in [2.05, 4.69) is 28.7 Å². The second-order valence-electron chi connectivity index (χ2n) is 6.59. The van der Waals surface area contributed by atoms with Crippen molar-refractivity contribution in [2.75, 3.05) is 37.6 Å². The number of piperazine rings is 1. The molecule has 1 N–H and O–H groups in total. The zero-order valence-corrected chi connectivity index (χ0v) is 16.4. The number of carbonyl (C=O) groups is 1. The lowest BCUT2D eigenvalue weighted by Crippen LogP contribution is -2.51. The van der Waals surface area contributed by atoms with Crippen molar-refractivity contribution in [1.29, 1.82) is 5.26 Å². The van der Waals surface area contributed by atoms with Gasteiger partial charge in [0, 0.05) is 31.9 Å². The van der Waals surface area contributed by atoms with Gasteiger partial charge in [0.25, 0.3) is 0 Å². The number of hydrogen-bond acceptors (Lipinski definition) is 5. The molecule has 0 bridgehead atoms. The van der Waals surface area contributed by atoms with Crippen molar-refractivity contribution in [2.24, 2.45) is 0 Å². The summed E-state index contributed by atoms with van der Waals surface area (Å²) >= 11 is 0. The van der Waals surface area contributed by atoms with E-state index in [1.807, 2.05) is 18.2 Å². The van der Waals surface area contributed by atoms with E-state index in [1.165, 1.54) is 17.7 Å². The number of amides is 1. The van der Waals surface area contributed by atoms with Crippen LogP contribution in [-0.2, 0) is 14.8 Å². The van der Waals surface area contributed by atoms with Gasteiger partial charge in [-0.1, -0.05) is 30.3 Å². The molecule has 0 atom stereocenters. The van der Waals surface area contributed by atoms with Crippen LogP contribution in [0.2, 0.25) is 0 Å². The molecule has 3 rings (SSSR count). The number of benzene rings is 2. The molecule has 8 heteroatoms. The third kappa shape index (κ3) is 4.32. The van der Waals surface area contributed by atoms with E-state index in [0.717, 1.165) is 5.69 Å². The fourth-order valence-electron chi connectivity index (χ4n) is 3.25. The van der Waals surface area contributed by atoms with Gasteiger partial charge in [-0.05, 0) is 30.7 Å². The molecule has 2 aromatic rings. The summed E-state index contributed by atoms with van der Waals surface area (Å²) in [6.07, 6.45) is 0. The Bertz CT molecular complexity index is 1010. The second-order valence-corrected chi connectivity index (χ2v) is 8.32. The summed E-state index contributed by atoms with van der Waals surface area (Å²) < 4.78 is 27.2. The predicted molar refractivity (Wildman–Crippen MR) is 106 cm³/mol. The molecule has 0 saturated carbocycles. The van der Waals surface area contributed by atoms with Crippen LogP contribution in [0, 0.1) is 18.3 Å². The van der Waals surface area contributed by atoms with E-state index in [9.17, 15) is 13.2 Å². The Kier molecular flexibility index (Phi) is 5.97. The van der Waals surface area contributed by atoms with E-state index < -0.39 is 10.0 Å². The van der Waals surface area contributed by atoms with Crippen molar-refractivity contribution in [3.63, 3.8) is 0 Å². The maximum atomic E-state index is 12.5. The fraction of sp³-hybridized carbons (Fsp3) is 0.300. The molecule has 2 aromatic carbocycles. The molecule has 0 aliphatic carbocycles. The Morgan fingerprint density at radius 1 is 1.07 bits per heavy atom. The third-order valence-electron chi connectivity index (χ3n) is 4.80. The first kappa shape index (κ1) is 19.9. The van der Waals surface area contributed by atoms with Crippen LogP contribution in [0.3, 0.4) is 0 Å². The molecule has 146 valence electrons. The maximum absolute atomic E-state index is 12.5. The Hall–Kier alpha value is -2.89. The van der Waals surface area contributed by atoms with Gasteiger partial charge < -0.3 is 9.80 Å². The zero-order chi connectivity index (χ0) is 20.1. The van der Waals surface area contributed by atoms with Crippen LogP contribution in [0.25, 0.3) is 0 Å². The van der Waals surface area contributed by atoms with Gasteiger partial charge in [-0.2, -0.15) is 5.26 Å². The van der Waals surface area contributed by atoms with Crippen molar-refractivity contribution in [2.45, 2.75) is 11.8 Å². The summed E-state index contributed by atoms with van der Waals surface area (Å²) in [4.78, 5) is 16.2. The van der Waals surface area contributed by atoms with Crippen LogP contribution in [-0.4, -0.2) is 51.9 Å². The van der Waals surface area contributed by atoms with Gasteiger partial charge in [-0.15, -0.1) is 0 Å². The van der Waals surface area contributed by atoms with Crippen molar-refractivity contribution in [1.82, 2.24) is 9.62 Å². The minimum absolute atomic E-state index is 0.0503. The van der Waals surface area contributed by atoms with Gasteiger partial charge in [0.05, 0.1) is 17.0 Å². The lowest BCUT2D eigenvalue weighted by molar-refractivity contribution is -0.130. The van der Waals surface area contributed by atoms with Gasteiger partial charge in [0.1, 0.15) is 6.07 Å². The van der Waals surface area contributed by atoms with Crippen LogP contribution < -0.4 is 9.62 Å². The lowest BCUT2D eigenvalue weighted by Gasteiger charge is -2.36. The number of nitrogens with zero attached hydrogens (tertiary/aromatic N) is 3. The Labute approximate surface area is 165 Å². The molecule has 1 amide bonds. The quantitative estimate of drug-likeness (QED) is 0.824. The molecule has 1 aliphatic rings. The maximum Gasteiger partial charge on any atom is 0.242 e. The number of para-hydroxylation sites is 1. The molecule has 1 aliphatic heterocycles. The number of anilines is 1. The van der Waals surface area contributed by atoms with E-state index >= 15 is 0 Å². The molecule has 7 nitrogen and oxygen atoms in total. The minimum atomic E-state index is -3.93.